The van der Waals surface area contributed by atoms with Crippen LogP contribution >= 0.6 is 11.6 Å². The minimum Gasteiger partial charge on any atom is -0.369 e. The number of rotatable bonds is 6. The molecule has 2 aromatic carbocycles. The summed E-state index contributed by atoms with van der Waals surface area (Å²) in [6.07, 6.45) is 3.78. The number of benzene rings is 2. The van der Waals surface area contributed by atoms with Crippen molar-refractivity contribution in [1.29, 1.82) is 0 Å². The lowest BCUT2D eigenvalue weighted by molar-refractivity contribution is 0.831. The molecule has 0 aliphatic carbocycles. The van der Waals surface area contributed by atoms with Gasteiger partial charge in [-0.3, -0.25) is 0 Å². The van der Waals surface area contributed by atoms with Gasteiger partial charge in [-0.1, -0.05) is 67.4 Å². The van der Waals surface area contributed by atoms with Crippen molar-refractivity contribution < 1.29 is 0 Å². The number of aromatic nitrogens is 3. The number of halogens is 1. The lowest BCUT2D eigenvalue weighted by atomic mass is 10.00. The monoisotopic (exact) mass is 388 g/mol. The molecule has 0 unspecified atom stereocenters. The fraction of sp³-hybridized carbons (Fsp3) is 0.174. The van der Waals surface area contributed by atoms with Gasteiger partial charge in [0.05, 0.1) is 11.1 Å². The normalized spacial score (nSPS) is 10.9. The van der Waals surface area contributed by atoms with E-state index in [0.717, 1.165) is 53.0 Å². The topological polar surface area (TPSA) is 50.7 Å². The molecule has 1 N–H and O–H groups in total. The highest BCUT2D eigenvalue weighted by atomic mass is 35.5. The Morgan fingerprint density at radius 1 is 0.929 bits per heavy atom. The quantitative estimate of drug-likeness (QED) is 0.398. The highest BCUT2D eigenvalue weighted by Gasteiger charge is 2.15. The first-order valence-corrected chi connectivity index (χ1v) is 9.85. The Morgan fingerprint density at radius 2 is 1.71 bits per heavy atom. The average molecular weight is 389 g/mol. The van der Waals surface area contributed by atoms with Crippen molar-refractivity contribution >= 4 is 28.5 Å². The van der Waals surface area contributed by atoms with Crippen LogP contribution in [0.2, 0.25) is 5.02 Å². The third-order valence-electron chi connectivity index (χ3n) is 4.65. The van der Waals surface area contributed by atoms with Gasteiger partial charge < -0.3 is 5.32 Å². The summed E-state index contributed by atoms with van der Waals surface area (Å²) in [6, 6.07) is 20.1. The summed E-state index contributed by atoms with van der Waals surface area (Å²) < 4.78 is 0. The zero-order valence-corrected chi connectivity index (χ0v) is 16.4. The van der Waals surface area contributed by atoms with Gasteiger partial charge in [0.2, 0.25) is 0 Å². The van der Waals surface area contributed by atoms with E-state index in [1.54, 1.807) is 6.33 Å². The van der Waals surface area contributed by atoms with E-state index in [-0.39, 0.29) is 0 Å². The molecular formula is C23H21ClN4. The molecule has 0 saturated carbocycles. The van der Waals surface area contributed by atoms with E-state index in [4.69, 9.17) is 16.6 Å². The summed E-state index contributed by atoms with van der Waals surface area (Å²) in [5.74, 6) is 0.815. The van der Waals surface area contributed by atoms with E-state index in [1.165, 1.54) is 0 Å². The number of unbranched alkanes of at least 4 members (excludes halogenated alkanes) is 1. The first-order valence-electron chi connectivity index (χ1n) is 9.47. The predicted molar refractivity (Wildman–Crippen MR) is 117 cm³/mol. The highest BCUT2D eigenvalue weighted by molar-refractivity contribution is 6.30. The summed E-state index contributed by atoms with van der Waals surface area (Å²) in [5.41, 5.74) is 4.72. The van der Waals surface area contributed by atoms with Gasteiger partial charge in [-0.25, -0.2) is 15.0 Å². The van der Waals surface area contributed by atoms with Gasteiger partial charge in [-0.15, -0.1) is 0 Å². The Kier molecular flexibility index (Phi) is 5.49. The second kappa shape index (κ2) is 8.36. The number of anilines is 1. The summed E-state index contributed by atoms with van der Waals surface area (Å²) in [4.78, 5) is 13.8. The molecule has 28 heavy (non-hydrogen) atoms. The van der Waals surface area contributed by atoms with E-state index >= 15 is 0 Å². The Hall–Kier alpha value is -2.98. The minimum atomic E-state index is 0.681. The van der Waals surface area contributed by atoms with E-state index in [1.807, 2.05) is 42.5 Å². The molecule has 4 aromatic rings. The first-order chi connectivity index (χ1) is 13.8. The van der Waals surface area contributed by atoms with Gasteiger partial charge in [0.1, 0.15) is 12.1 Å². The molecule has 0 aliphatic rings. The van der Waals surface area contributed by atoms with Gasteiger partial charge >= 0.3 is 0 Å². The van der Waals surface area contributed by atoms with Crippen molar-refractivity contribution in [3.63, 3.8) is 0 Å². The molecule has 0 atom stereocenters. The molecule has 2 heterocycles. The number of hydrogen-bond donors (Lipinski definition) is 1. The van der Waals surface area contributed by atoms with Crippen LogP contribution in [-0.2, 0) is 0 Å². The molecule has 140 valence electrons. The summed E-state index contributed by atoms with van der Waals surface area (Å²) in [5, 5.41) is 5.09. The second-order valence-electron chi connectivity index (χ2n) is 6.63. The molecule has 0 aliphatic heterocycles. The van der Waals surface area contributed by atoms with Gasteiger partial charge in [0.25, 0.3) is 0 Å². The zero-order valence-electron chi connectivity index (χ0n) is 15.7. The molecule has 0 radical (unpaired) electrons. The molecule has 0 saturated heterocycles. The van der Waals surface area contributed by atoms with Crippen LogP contribution in [0.5, 0.6) is 0 Å². The number of pyridine rings is 1. The molecule has 0 bridgehead atoms. The SMILES string of the molecule is CCCCNc1ncnc2nc(-c3ccccc3)cc(-c3ccc(Cl)cc3)c12. The molecular weight excluding hydrogens is 368 g/mol. The van der Waals surface area contributed by atoms with Gasteiger partial charge in [-0.05, 0) is 35.7 Å². The van der Waals surface area contributed by atoms with E-state index in [0.29, 0.717) is 10.7 Å². The fourth-order valence-corrected chi connectivity index (χ4v) is 3.32. The Morgan fingerprint density at radius 3 is 2.46 bits per heavy atom. The lowest BCUT2D eigenvalue weighted by Crippen LogP contribution is -2.05. The zero-order chi connectivity index (χ0) is 19.3. The third kappa shape index (κ3) is 3.82. The average Bonchev–Trinajstić information content (AvgIpc) is 2.74. The standard InChI is InChI=1S/C23H21ClN4/c1-2-3-13-25-22-21-19(16-9-11-18(24)12-10-16)14-20(17-7-5-4-6-8-17)28-23(21)27-15-26-22/h4-12,14-15H,2-3,13H2,1H3,(H,25,26,27,28). The number of fused-ring (bicyclic) bond motifs is 1. The van der Waals surface area contributed by atoms with Gasteiger partial charge in [-0.2, -0.15) is 0 Å². The molecule has 0 fully saturated rings. The van der Waals surface area contributed by atoms with Crippen molar-refractivity contribution in [2.45, 2.75) is 19.8 Å². The van der Waals surface area contributed by atoms with E-state index < -0.39 is 0 Å². The smallest absolute Gasteiger partial charge is 0.165 e. The fourth-order valence-electron chi connectivity index (χ4n) is 3.20. The van der Waals surface area contributed by atoms with Crippen molar-refractivity contribution in [2.75, 3.05) is 11.9 Å². The van der Waals surface area contributed by atoms with E-state index in [2.05, 4.69) is 40.4 Å². The second-order valence-corrected chi connectivity index (χ2v) is 7.07. The van der Waals surface area contributed by atoms with Crippen LogP contribution in [0.25, 0.3) is 33.4 Å². The molecule has 0 spiro atoms. The van der Waals surface area contributed by atoms with Gasteiger partial charge in [0.15, 0.2) is 5.65 Å². The summed E-state index contributed by atoms with van der Waals surface area (Å²) in [7, 11) is 0. The van der Waals surface area contributed by atoms with Crippen LogP contribution < -0.4 is 5.32 Å². The molecule has 4 rings (SSSR count). The molecule has 4 nitrogen and oxygen atoms in total. The molecule has 0 amide bonds. The molecule has 5 heteroatoms. The van der Waals surface area contributed by atoms with Gasteiger partial charge in [0, 0.05) is 17.1 Å². The highest BCUT2D eigenvalue weighted by Crippen LogP contribution is 2.35. The van der Waals surface area contributed by atoms with Crippen LogP contribution in [0.15, 0.2) is 67.0 Å². The maximum Gasteiger partial charge on any atom is 0.165 e. The largest absolute Gasteiger partial charge is 0.369 e. The Bertz CT molecular complexity index is 1080. The lowest BCUT2D eigenvalue weighted by Gasteiger charge is -2.14. The van der Waals surface area contributed by atoms with Crippen LogP contribution in [0.4, 0.5) is 5.82 Å². The van der Waals surface area contributed by atoms with E-state index in [9.17, 15) is 0 Å². The summed E-state index contributed by atoms with van der Waals surface area (Å²) >= 11 is 6.11. The van der Waals surface area contributed by atoms with Crippen molar-refractivity contribution in [2.24, 2.45) is 0 Å². The number of hydrogen-bond acceptors (Lipinski definition) is 4. The van der Waals surface area contributed by atoms with Crippen LogP contribution in [0.3, 0.4) is 0 Å². The minimum absolute atomic E-state index is 0.681. The Balaban J connectivity index is 1.93. The van der Waals surface area contributed by atoms with Crippen molar-refractivity contribution in [3.8, 4) is 22.4 Å². The van der Waals surface area contributed by atoms with Crippen LogP contribution in [0, 0.1) is 0 Å². The van der Waals surface area contributed by atoms with Crippen LogP contribution in [-0.4, -0.2) is 21.5 Å². The van der Waals surface area contributed by atoms with Crippen LogP contribution in [0.1, 0.15) is 19.8 Å². The number of nitrogens with zero attached hydrogens (tertiary/aromatic N) is 3. The molecule has 2 aromatic heterocycles. The first kappa shape index (κ1) is 18.4. The van der Waals surface area contributed by atoms with Crippen molar-refractivity contribution in [1.82, 2.24) is 15.0 Å². The maximum atomic E-state index is 6.11. The Labute approximate surface area is 169 Å². The summed E-state index contributed by atoms with van der Waals surface area (Å²) in [6.45, 7) is 3.04. The predicted octanol–water partition coefficient (Wildman–Crippen LogP) is 6.22. The maximum absolute atomic E-state index is 6.11. The third-order valence-corrected chi connectivity index (χ3v) is 4.90. The van der Waals surface area contributed by atoms with Crippen molar-refractivity contribution in [3.05, 3.63) is 72.0 Å². The number of nitrogens with one attached hydrogen (secondary N) is 1.